The minimum atomic E-state index is -0.846. The van der Waals surface area contributed by atoms with E-state index in [2.05, 4.69) is 17.0 Å². The Morgan fingerprint density at radius 3 is 2.38 bits per heavy atom. The molecule has 1 unspecified atom stereocenters. The van der Waals surface area contributed by atoms with Gasteiger partial charge in [-0.2, -0.15) is 0 Å². The lowest BCUT2D eigenvalue weighted by Crippen LogP contribution is -2.25. The molecule has 3 aliphatic rings. The number of anilines is 1. The number of nitrogens with one attached hydrogen (secondary N) is 2. The summed E-state index contributed by atoms with van der Waals surface area (Å²) in [6, 6.07) is 1.64. The molecule has 1 heterocycles. The van der Waals surface area contributed by atoms with Gasteiger partial charge < -0.3 is 14.8 Å². The maximum Gasteiger partial charge on any atom is 0.329 e. The highest BCUT2D eigenvalue weighted by atomic mass is 32.2. The number of rotatable bonds is 3. The number of aryl methyl sites for hydroxylation is 1. The Labute approximate surface area is 175 Å². The Bertz CT molecular complexity index is 957. The molecule has 0 saturated heterocycles. The molecular formula is C23H28N2O3S. The van der Waals surface area contributed by atoms with Gasteiger partial charge in [0.25, 0.3) is 0 Å². The fourth-order valence-corrected chi connectivity index (χ4v) is 6.00. The molecule has 2 amide bonds. The maximum atomic E-state index is 12.7. The predicted molar refractivity (Wildman–Crippen MR) is 114 cm³/mol. The highest BCUT2D eigenvalue weighted by Crippen LogP contribution is 2.42. The molecule has 0 fully saturated rings. The standard InChI is InChI=1S/C23H28N2O3S/c1-13-14-6-3-8-16(14)21(17-9-4-7-15(13)17)24-22(26)25-29-20-12-18-19(28-20)10-5-11-23(18,2)27/h12,27H,3-11H2,1-2H3,(H2,24,25,26). The van der Waals surface area contributed by atoms with Crippen LogP contribution in [0, 0.1) is 6.92 Å². The molecule has 154 valence electrons. The van der Waals surface area contributed by atoms with Gasteiger partial charge in [0.05, 0.1) is 5.60 Å². The zero-order valence-electron chi connectivity index (χ0n) is 17.1. The number of benzene rings is 1. The van der Waals surface area contributed by atoms with Crippen LogP contribution >= 0.6 is 11.9 Å². The maximum absolute atomic E-state index is 12.7. The van der Waals surface area contributed by atoms with Crippen molar-refractivity contribution in [3.63, 3.8) is 0 Å². The van der Waals surface area contributed by atoms with Gasteiger partial charge in [0.15, 0.2) is 5.09 Å². The van der Waals surface area contributed by atoms with Gasteiger partial charge in [0.2, 0.25) is 0 Å². The summed E-state index contributed by atoms with van der Waals surface area (Å²) in [6.07, 6.45) is 9.16. The number of carbonyl (C=O) groups excluding carboxylic acids is 1. The molecule has 1 aromatic carbocycles. The van der Waals surface area contributed by atoms with Crippen LogP contribution in [0.4, 0.5) is 10.5 Å². The average Bonchev–Trinajstić information content (AvgIpc) is 3.42. The number of fused-ring (bicyclic) bond motifs is 3. The quantitative estimate of drug-likeness (QED) is 0.625. The lowest BCUT2D eigenvalue weighted by atomic mass is 9.85. The molecule has 3 N–H and O–H groups in total. The number of hydrogen-bond donors (Lipinski definition) is 3. The molecule has 0 aliphatic heterocycles. The van der Waals surface area contributed by atoms with Gasteiger partial charge in [0.1, 0.15) is 5.76 Å². The number of aliphatic hydroxyl groups is 1. The predicted octanol–water partition coefficient (Wildman–Crippen LogP) is 4.94. The highest BCUT2D eigenvalue weighted by molar-refractivity contribution is 7.97. The van der Waals surface area contributed by atoms with Gasteiger partial charge in [-0.25, -0.2) is 4.79 Å². The zero-order valence-corrected chi connectivity index (χ0v) is 17.9. The molecule has 6 heteroatoms. The second-order valence-electron chi connectivity index (χ2n) is 8.81. The molecule has 0 saturated carbocycles. The van der Waals surface area contributed by atoms with Crippen molar-refractivity contribution < 1.29 is 14.3 Å². The summed E-state index contributed by atoms with van der Waals surface area (Å²) in [5, 5.41) is 14.3. The Morgan fingerprint density at radius 1 is 1.07 bits per heavy atom. The summed E-state index contributed by atoms with van der Waals surface area (Å²) >= 11 is 1.17. The molecule has 1 aromatic heterocycles. The number of amides is 2. The summed E-state index contributed by atoms with van der Waals surface area (Å²) < 4.78 is 8.74. The van der Waals surface area contributed by atoms with E-state index in [-0.39, 0.29) is 6.03 Å². The van der Waals surface area contributed by atoms with Crippen molar-refractivity contribution in [1.82, 2.24) is 4.72 Å². The summed E-state index contributed by atoms with van der Waals surface area (Å²) in [7, 11) is 0. The van der Waals surface area contributed by atoms with Crippen molar-refractivity contribution in [1.29, 1.82) is 0 Å². The molecule has 5 rings (SSSR count). The van der Waals surface area contributed by atoms with Gasteiger partial charge in [0, 0.05) is 29.6 Å². The van der Waals surface area contributed by atoms with Gasteiger partial charge in [-0.05, 0) is 99.1 Å². The molecule has 0 spiro atoms. The van der Waals surface area contributed by atoms with E-state index in [1.807, 2.05) is 13.0 Å². The van der Waals surface area contributed by atoms with Crippen LogP contribution in [-0.2, 0) is 37.7 Å². The van der Waals surface area contributed by atoms with E-state index in [1.54, 1.807) is 0 Å². The monoisotopic (exact) mass is 412 g/mol. The summed E-state index contributed by atoms with van der Waals surface area (Å²) in [6.45, 7) is 4.08. The average molecular weight is 413 g/mol. The van der Waals surface area contributed by atoms with Crippen LogP contribution in [0.2, 0.25) is 0 Å². The first kappa shape index (κ1) is 19.1. The van der Waals surface area contributed by atoms with E-state index in [4.69, 9.17) is 4.42 Å². The third-order valence-electron chi connectivity index (χ3n) is 6.86. The fraction of sp³-hybridized carbons (Fsp3) is 0.522. The first-order chi connectivity index (χ1) is 13.9. The second-order valence-corrected chi connectivity index (χ2v) is 9.62. The van der Waals surface area contributed by atoms with E-state index >= 15 is 0 Å². The van der Waals surface area contributed by atoms with Crippen LogP contribution in [0.25, 0.3) is 0 Å². The van der Waals surface area contributed by atoms with E-state index in [0.29, 0.717) is 5.09 Å². The van der Waals surface area contributed by atoms with E-state index in [9.17, 15) is 9.90 Å². The highest BCUT2D eigenvalue weighted by Gasteiger charge is 2.33. The fourth-order valence-electron chi connectivity index (χ4n) is 5.44. The summed E-state index contributed by atoms with van der Waals surface area (Å²) in [5.74, 6) is 0.833. The first-order valence-corrected chi connectivity index (χ1v) is 11.5. The van der Waals surface area contributed by atoms with Crippen LogP contribution in [0.15, 0.2) is 15.6 Å². The van der Waals surface area contributed by atoms with Crippen molar-refractivity contribution in [3.05, 3.63) is 45.2 Å². The summed E-state index contributed by atoms with van der Waals surface area (Å²) in [4.78, 5) is 12.7. The lowest BCUT2D eigenvalue weighted by molar-refractivity contribution is 0.0362. The molecule has 3 aliphatic carbocycles. The van der Waals surface area contributed by atoms with Crippen molar-refractivity contribution in [2.75, 3.05) is 5.32 Å². The summed E-state index contributed by atoms with van der Waals surface area (Å²) in [5.41, 5.74) is 8.10. The topological polar surface area (TPSA) is 74.5 Å². The van der Waals surface area contributed by atoms with Crippen LogP contribution in [0.5, 0.6) is 0 Å². The van der Waals surface area contributed by atoms with Crippen LogP contribution in [-0.4, -0.2) is 11.1 Å². The number of urea groups is 1. The van der Waals surface area contributed by atoms with Crippen molar-refractivity contribution in [2.45, 2.75) is 82.3 Å². The van der Waals surface area contributed by atoms with Gasteiger partial charge in [-0.15, -0.1) is 0 Å². The number of hydrogen-bond acceptors (Lipinski definition) is 4. The molecule has 5 nitrogen and oxygen atoms in total. The minimum absolute atomic E-state index is 0.219. The first-order valence-electron chi connectivity index (χ1n) is 10.7. The molecule has 29 heavy (non-hydrogen) atoms. The zero-order chi connectivity index (χ0) is 20.2. The third kappa shape index (κ3) is 3.26. The smallest absolute Gasteiger partial charge is 0.329 e. The van der Waals surface area contributed by atoms with E-state index in [0.717, 1.165) is 62.0 Å². The molecular weight excluding hydrogens is 384 g/mol. The van der Waals surface area contributed by atoms with Gasteiger partial charge in [-0.1, -0.05) is 0 Å². The number of carbonyl (C=O) groups is 1. The van der Waals surface area contributed by atoms with Gasteiger partial charge in [-0.3, -0.25) is 4.72 Å². The molecule has 0 bridgehead atoms. The van der Waals surface area contributed by atoms with Crippen LogP contribution < -0.4 is 10.0 Å². The molecule has 1 atom stereocenters. The van der Waals surface area contributed by atoms with Crippen LogP contribution in [0.1, 0.15) is 71.7 Å². The van der Waals surface area contributed by atoms with E-state index < -0.39 is 5.60 Å². The van der Waals surface area contributed by atoms with Crippen molar-refractivity contribution >= 4 is 23.7 Å². The van der Waals surface area contributed by atoms with E-state index in [1.165, 1.54) is 52.6 Å². The normalized spacial score (nSPS) is 22.2. The minimum Gasteiger partial charge on any atom is -0.453 e. The number of furan rings is 1. The molecule has 0 radical (unpaired) electrons. The molecule has 2 aromatic rings. The Kier molecular flexibility index (Phi) is 4.67. The SMILES string of the molecule is Cc1c2c(c(NC(=O)NSc3cc4c(o3)CCCC4(C)O)c3c1CCC3)CCC2. The van der Waals surface area contributed by atoms with Crippen molar-refractivity contribution in [3.8, 4) is 0 Å². The van der Waals surface area contributed by atoms with Crippen molar-refractivity contribution in [2.24, 2.45) is 0 Å². The van der Waals surface area contributed by atoms with Crippen LogP contribution in [0.3, 0.4) is 0 Å². The Balaban J connectivity index is 1.32. The second kappa shape index (κ2) is 7.10. The third-order valence-corrected chi connectivity index (χ3v) is 7.55. The lowest BCUT2D eigenvalue weighted by Gasteiger charge is -2.26. The largest absolute Gasteiger partial charge is 0.453 e. The Morgan fingerprint density at radius 2 is 1.72 bits per heavy atom. The Hall–Kier alpha value is -1.92. The van der Waals surface area contributed by atoms with Gasteiger partial charge >= 0.3 is 6.03 Å².